The van der Waals surface area contributed by atoms with Crippen molar-refractivity contribution >= 4 is 94.2 Å². The van der Waals surface area contributed by atoms with E-state index in [9.17, 15) is 20.6 Å². The van der Waals surface area contributed by atoms with Gasteiger partial charge in [0.05, 0.1) is 77.4 Å². The highest BCUT2D eigenvalue weighted by Crippen LogP contribution is 2.39. The van der Waals surface area contributed by atoms with Gasteiger partial charge in [-0.1, -0.05) is 212 Å². The highest BCUT2D eigenvalue weighted by Gasteiger charge is 2.41. The SMILES string of the molecule is [2H]c1c([2H])c([2H])c(-n2c3c([2H])c([2H])c([2H])c([2H])c3c3c([2H])c([2H])c([2H])c([2H])c32)c(-c2cc(-n3c4c([2H])c([2H])c([2H])c([2H])c4c4c([2H])c([2H])c([2H])c([2H])c43)nc(-n3c4cc([Si](c5ccccc5)(c5ccccc5)c5ccccc5)ccc4c4c([2H])c([2H])c([2H])c([2H])c43)n2)c1[2H]. The lowest BCUT2D eigenvalue weighted by atomic mass is 10.1. The van der Waals surface area contributed by atoms with Crippen LogP contribution in [0.15, 0.2) is 260 Å². The Morgan fingerprint density at radius 1 is 0.329 bits per heavy atom. The first-order valence-electron chi connectivity index (χ1n) is 34.0. The molecule has 14 rings (SSSR count). The Labute approximate surface area is 439 Å². The van der Waals surface area contributed by atoms with E-state index in [1.54, 1.807) is 6.07 Å². The molecule has 0 amide bonds. The normalized spacial score (nSPS) is 16.8. The zero-order valence-electron chi connectivity index (χ0n) is 60.2. The molecule has 0 bridgehead atoms. The number of rotatable bonds is 8. The van der Waals surface area contributed by atoms with E-state index >= 15 is 0 Å². The van der Waals surface area contributed by atoms with Gasteiger partial charge in [-0.05, 0) is 63.1 Å². The number of hydrogen-bond acceptors (Lipinski definition) is 2. The van der Waals surface area contributed by atoms with Crippen LogP contribution in [-0.2, 0) is 0 Å². The molecule has 0 unspecified atom stereocenters. The van der Waals surface area contributed by atoms with Gasteiger partial charge in [-0.3, -0.25) is 9.13 Å². The van der Waals surface area contributed by atoms with E-state index in [2.05, 4.69) is 0 Å². The Balaban J connectivity index is 1.25. The third kappa shape index (κ3) is 5.97. The molecule has 10 aromatic carbocycles. The standard InChI is InChI=1S/C64H43N5Si/c1-4-22-44(23-5-1)70(45-24-6-2-7-25-45,46-26-8-3-9-27-46)47-40-41-53-52-32-14-20-38-60(52)69(62(53)42-47)64-65-55(43-63(66-64)68-58-36-18-12-30-50(58)51-31-13-19-37-59(51)68)54-33-15-21-39-61(54)67-56-34-16-10-28-48(56)49-29-11-17-35-57(49)67/h1-43H/i10D,11D,12D,13D,14D,15D,16D,17D,18D,19D,20D,21D,28D,29D,30D,31D,32D,33D,34D,35D,36D,37D,38D,39D. The van der Waals surface area contributed by atoms with Gasteiger partial charge in [0.15, 0.2) is 8.07 Å². The first-order chi connectivity index (χ1) is 44.7. The molecular weight excluding hydrogens is 867 g/mol. The molecule has 0 saturated carbocycles. The lowest BCUT2D eigenvalue weighted by Crippen LogP contribution is -2.74. The Bertz CT molecular complexity index is 5490. The minimum absolute atomic E-state index is 0.0505. The summed E-state index contributed by atoms with van der Waals surface area (Å²) in [5.74, 6) is -1.12. The van der Waals surface area contributed by atoms with Crippen LogP contribution in [0.4, 0.5) is 0 Å². The summed E-state index contributed by atoms with van der Waals surface area (Å²) < 4.78 is 226. The van der Waals surface area contributed by atoms with Gasteiger partial charge in [-0.15, -0.1) is 0 Å². The molecule has 0 saturated heterocycles. The van der Waals surface area contributed by atoms with E-state index in [1.165, 1.54) is 4.57 Å². The zero-order chi connectivity index (χ0) is 67.1. The van der Waals surface area contributed by atoms with Crippen molar-refractivity contribution in [3.8, 4) is 28.7 Å². The molecule has 0 fully saturated rings. The molecule has 70 heavy (non-hydrogen) atoms. The lowest BCUT2D eigenvalue weighted by Gasteiger charge is -2.34. The molecule has 4 aromatic heterocycles. The van der Waals surface area contributed by atoms with Gasteiger partial charge in [0.2, 0.25) is 5.95 Å². The summed E-state index contributed by atoms with van der Waals surface area (Å²) in [4.78, 5) is 10.3. The highest BCUT2D eigenvalue weighted by atomic mass is 28.3. The van der Waals surface area contributed by atoms with E-state index < -0.39 is 225 Å². The van der Waals surface area contributed by atoms with E-state index in [1.807, 2.05) is 103 Å². The first-order valence-corrected chi connectivity index (χ1v) is 24.0. The Hall–Kier alpha value is -9.10. The van der Waals surface area contributed by atoms with Crippen molar-refractivity contribution in [1.82, 2.24) is 23.7 Å². The first kappa shape index (κ1) is 22.8. The van der Waals surface area contributed by atoms with Crippen molar-refractivity contribution in [3.05, 3.63) is 260 Å². The largest absolute Gasteiger partial charge is 0.309 e. The van der Waals surface area contributed by atoms with Crippen molar-refractivity contribution < 1.29 is 32.9 Å². The zero-order valence-corrected chi connectivity index (χ0v) is 37.2. The molecule has 328 valence electrons. The molecule has 6 heteroatoms. The van der Waals surface area contributed by atoms with E-state index in [0.717, 1.165) is 30.8 Å². The van der Waals surface area contributed by atoms with Gasteiger partial charge < -0.3 is 4.57 Å². The highest BCUT2D eigenvalue weighted by molar-refractivity contribution is 7.20. The molecule has 4 heterocycles. The Morgan fingerprint density at radius 2 is 0.743 bits per heavy atom. The van der Waals surface area contributed by atoms with Crippen LogP contribution in [0.1, 0.15) is 32.9 Å². The Morgan fingerprint density at radius 3 is 1.24 bits per heavy atom. The number of fused-ring (bicyclic) bond motifs is 9. The molecule has 0 atom stereocenters. The van der Waals surface area contributed by atoms with Crippen LogP contribution in [0, 0.1) is 0 Å². The van der Waals surface area contributed by atoms with Gasteiger partial charge in [0.1, 0.15) is 5.82 Å². The monoisotopic (exact) mass is 933 g/mol. The van der Waals surface area contributed by atoms with Crippen molar-refractivity contribution in [2.24, 2.45) is 0 Å². The van der Waals surface area contributed by atoms with Gasteiger partial charge >= 0.3 is 0 Å². The average Bonchev–Trinajstić information content (AvgIpc) is 1.57. The maximum atomic E-state index is 10.00. The summed E-state index contributed by atoms with van der Waals surface area (Å²) in [6.45, 7) is 0. The van der Waals surface area contributed by atoms with Gasteiger partial charge in [0.25, 0.3) is 0 Å². The molecule has 0 spiro atoms. The predicted octanol–water partition coefficient (Wildman–Crippen LogP) is 12.8. The quantitative estimate of drug-likeness (QED) is 0.113. The van der Waals surface area contributed by atoms with E-state index in [-0.39, 0.29) is 21.8 Å². The molecule has 14 aromatic rings. The van der Waals surface area contributed by atoms with E-state index in [0.29, 0.717) is 5.19 Å². The van der Waals surface area contributed by atoms with E-state index in [4.69, 9.17) is 22.3 Å². The van der Waals surface area contributed by atoms with Gasteiger partial charge in [-0.2, -0.15) is 4.98 Å². The molecular formula is C64H43N5Si. The minimum Gasteiger partial charge on any atom is -0.309 e. The fourth-order valence-electron chi connectivity index (χ4n) is 9.94. The number of para-hydroxylation sites is 6. The number of benzene rings is 10. The fourth-order valence-corrected chi connectivity index (χ4v) is 14.7. The summed E-state index contributed by atoms with van der Waals surface area (Å²) in [5, 5.41) is 1.87. The smallest absolute Gasteiger partial charge is 0.237 e. The van der Waals surface area contributed by atoms with Crippen LogP contribution in [-0.4, -0.2) is 31.7 Å². The summed E-state index contributed by atoms with van der Waals surface area (Å²) in [7, 11) is -3.57. The summed E-state index contributed by atoms with van der Waals surface area (Å²) in [6.07, 6.45) is 0. The number of aromatic nitrogens is 5. The predicted molar refractivity (Wildman–Crippen MR) is 294 cm³/mol. The molecule has 5 nitrogen and oxygen atoms in total. The topological polar surface area (TPSA) is 40.6 Å². The van der Waals surface area contributed by atoms with Crippen LogP contribution in [0.5, 0.6) is 0 Å². The summed E-state index contributed by atoms with van der Waals surface area (Å²) >= 11 is 0. The average molecular weight is 934 g/mol. The van der Waals surface area contributed by atoms with Crippen LogP contribution < -0.4 is 20.7 Å². The molecule has 0 N–H and O–H groups in total. The van der Waals surface area contributed by atoms with Crippen LogP contribution in [0.3, 0.4) is 0 Å². The second-order valence-corrected chi connectivity index (χ2v) is 20.1. The minimum atomic E-state index is -3.57. The lowest BCUT2D eigenvalue weighted by molar-refractivity contribution is 0.951. The van der Waals surface area contributed by atoms with Crippen molar-refractivity contribution in [1.29, 1.82) is 0 Å². The summed E-state index contributed by atoms with van der Waals surface area (Å²) in [6, 6.07) is 16.7. The maximum Gasteiger partial charge on any atom is 0.237 e. The van der Waals surface area contributed by atoms with Gasteiger partial charge in [-0.25, -0.2) is 4.98 Å². The fraction of sp³-hybridized carbons (Fsp3) is 0. The molecule has 0 aliphatic carbocycles. The number of nitrogens with zero attached hydrogens (tertiary/aromatic N) is 5. The molecule has 0 aliphatic rings. The van der Waals surface area contributed by atoms with Gasteiger partial charge in [0, 0.05) is 43.9 Å². The molecule has 0 aliphatic heterocycles. The van der Waals surface area contributed by atoms with Crippen LogP contribution >= 0.6 is 0 Å². The number of hydrogen-bond donors (Lipinski definition) is 0. The van der Waals surface area contributed by atoms with Crippen LogP contribution in [0.2, 0.25) is 0 Å². The third-order valence-electron chi connectivity index (χ3n) is 12.8. The third-order valence-corrected chi connectivity index (χ3v) is 17.6. The maximum absolute atomic E-state index is 10.00. The van der Waals surface area contributed by atoms with Crippen molar-refractivity contribution in [2.75, 3.05) is 0 Å². The second kappa shape index (κ2) is 16.0. The summed E-state index contributed by atoms with van der Waals surface area (Å²) in [5.41, 5.74) is -4.13. The molecule has 0 radical (unpaired) electrons. The van der Waals surface area contributed by atoms with Crippen LogP contribution in [0.25, 0.3) is 94.1 Å². The van der Waals surface area contributed by atoms with Crippen molar-refractivity contribution in [2.45, 2.75) is 0 Å². The Kier molecular flexibility index (Phi) is 5.22. The second-order valence-electron chi connectivity index (χ2n) is 16.3. The van der Waals surface area contributed by atoms with Crippen molar-refractivity contribution in [3.63, 3.8) is 0 Å².